The molecule has 14 heteroatoms. The molecular weight excluding hydrogens is 578 g/mol. The highest BCUT2D eigenvalue weighted by atomic mass is 35.5. The van der Waals surface area contributed by atoms with Gasteiger partial charge in [0.2, 0.25) is 5.95 Å². The molecular formula is C29H32ClN7O6. The third kappa shape index (κ3) is 6.81. The largest absolute Gasteiger partial charge is 0.493 e. The Bertz CT molecular complexity index is 1600. The molecule has 0 spiro atoms. The lowest BCUT2D eigenvalue weighted by Gasteiger charge is -2.27. The minimum Gasteiger partial charge on any atom is -0.493 e. The molecule has 0 saturated carbocycles. The number of rotatable bonds is 5. The van der Waals surface area contributed by atoms with Crippen molar-refractivity contribution < 1.29 is 28.6 Å². The zero-order valence-corrected chi connectivity index (χ0v) is 25.6. The predicted molar refractivity (Wildman–Crippen MR) is 159 cm³/mol. The molecule has 0 radical (unpaired) electrons. The molecule has 0 saturated heterocycles. The lowest BCUT2D eigenvalue weighted by molar-refractivity contribution is 0.0427. The molecule has 43 heavy (non-hydrogen) atoms. The van der Waals surface area contributed by atoms with Gasteiger partial charge in [0.1, 0.15) is 23.0 Å². The predicted octanol–water partition coefficient (Wildman–Crippen LogP) is 5.71. The van der Waals surface area contributed by atoms with Crippen LogP contribution in [0, 0.1) is 11.3 Å². The summed E-state index contributed by atoms with van der Waals surface area (Å²) in [4.78, 5) is 52.0. The van der Waals surface area contributed by atoms with E-state index in [1.807, 2.05) is 6.07 Å². The Morgan fingerprint density at radius 2 is 1.77 bits per heavy atom. The van der Waals surface area contributed by atoms with E-state index < -0.39 is 29.3 Å². The number of hydrogen-bond acceptors (Lipinski definition) is 10. The van der Waals surface area contributed by atoms with Crippen LogP contribution in [0.15, 0.2) is 24.4 Å². The molecule has 2 aromatic heterocycles. The lowest BCUT2D eigenvalue weighted by Crippen LogP contribution is -2.44. The number of carbonyl (C=O) groups is 3. The first-order valence-corrected chi connectivity index (χ1v) is 13.7. The van der Waals surface area contributed by atoms with Crippen molar-refractivity contribution in [2.24, 2.45) is 0 Å². The number of aromatic amines is 1. The number of ether oxygens (including phenoxy) is 3. The molecule has 3 amide bonds. The number of imide groups is 1. The molecule has 1 aliphatic rings. The SMILES string of the molecule is COc1c(Cl)cccc1Nc1c(-c2nc(N(C(=O)OC(C)(C)C)C(=O)OC(C)(C)C)ncc2C#N)[nH]c2c1C(=O)NCC2. The van der Waals surface area contributed by atoms with E-state index in [1.165, 1.54) is 13.3 Å². The van der Waals surface area contributed by atoms with Crippen molar-refractivity contribution in [3.63, 3.8) is 0 Å². The second kappa shape index (κ2) is 11.8. The Hall–Kier alpha value is -4.83. The van der Waals surface area contributed by atoms with Gasteiger partial charge in [-0.15, -0.1) is 4.90 Å². The van der Waals surface area contributed by atoms with Crippen LogP contribution in [0.1, 0.15) is 63.2 Å². The van der Waals surface area contributed by atoms with Gasteiger partial charge in [0.05, 0.1) is 46.5 Å². The van der Waals surface area contributed by atoms with Gasteiger partial charge in [-0.2, -0.15) is 5.26 Å². The van der Waals surface area contributed by atoms with E-state index in [2.05, 4.69) is 25.6 Å². The fourth-order valence-corrected chi connectivity index (χ4v) is 4.49. The van der Waals surface area contributed by atoms with Crippen LogP contribution >= 0.6 is 11.6 Å². The van der Waals surface area contributed by atoms with Gasteiger partial charge in [-0.05, 0) is 53.7 Å². The lowest BCUT2D eigenvalue weighted by atomic mass is 10.1. The summed E-state index contributed by atoms with van der Waals surface area (Å²) >= 11 is 6.34. The van der Waals surface area contributed by atoms with E-state index in [1.54, 1.807) is 59.7 Å². The van der Waals surface area contributed by atoms with Gasteiger partial charge >= 0.3 is 12.2 Å². The van der Waals surface area contributed by atoms with Crippen molar-refractivity contribution in [2.45, 2.75) is 59.2 Å². The van der Waals surface area contributed by atoms with Crippen molar-refractivity contribution in [2.75, 3.05) is 23.9 Å². The average Bonchev–Trinajstić information content (AvgIpc) is 3.26. The normalized spacial score (nSPS) is 12.9. The van der Waals surface area contributed by atoms with Crippen LogP contribution < -0.4 is 20.3 Å². The second-order valence-corrected chi connectivity index (χ2v) is 11.9. The second-order valence-electron chi connectivity index (χ2n) is 11.5. The van der Waals surface area contributed by atoms with Crippen LogP contribution in [0.25, 0.3) is 11.4 Å². The molecule has 0 atom stereocenters. The van der Waals surface area contributed by atoms with Crippen LogP contribution in [-0.4, -0.2) is 57.9 Å². The highest BCUT2D eigenvalue weighted by Crippen LogP contribution is 2.41. The maximum Gasteiger partial charge on any atom is 0.427 e. The summed E-state index contributed by atoms with van der Waals surface area (Å²) < 4.78 is 16.4. The van der Waals surface area contributed by atoms with Crippen LogP contribution in [-0.2, 0) is 15.9 Å². The molecule has 4 rings (SSSR count). The Morgan fingerprint density at radius 1 is 1.12 bits per heavy atom. The monoisotopic (exact) mass is 609 g/mol. The molecule has 0 aliphatic carbocycles. The van der Waals surface area contributed by atoms with Gasteiger partial charge < -0.3 is 29.8 Å². The molecule has 0 unspecified atom stereocenters. The number of nitrogens with one attached hydrogen (secondary N) is 3. The number of fused-ring (bicyclic) bond motifs is 1. The first-order valence-electron chi connectivity index (χ1n) is 13.3. The van der Waals surface area contributed by atoms with Crippen molar-refractivity contribution in [1.29, 1.82) is 5.26 Å². The van der Waals surface area contributed by atoms with E-state index in [9.17, 15) is 19.6 Å². The number of carbonyl (C=O) groups excluding carboxylic acids is 3. The molecule has 3 aromatic rings. The smallest absolute Gasteiger partial charge is 0.427 e. The van der Waals surface area contributed by atoms with Gasteiger partial charge in [0.25, 0.3) is 5.91 Å². The highest BCUT2D eigenvalue weighted by molar-refractivity contribution is 6.32. The summed E-state index contributed by atoms with van der Waals surface area (Å²) in [5.74, 6) is -0.434. The fraction of sp³-hybridized carbons (Fsp3) is 0.379. The summed E-state index contributed by atoms with van der Waals surface area (Å²) in [7, 11) is 1.46. The number of methoxy groups -OCH3 is 1. The number of amides is 3. The third-order valence-corrected chi connectivity index (χ3v) is 6.18. The summed E-state index contributed by atoms with van der Waals surface area (Å²) in [5.41, 5.74) is -0.100. The molecule has 1 aromatic carbocycles. The van der Waals surface area contributed by atoms with Crippen molar-refractivity contribution in [3.8, 4) is 23.2 Å². The fourth-order valence-electron chi connectivity index (χ4n) is 4.24. The van der Waals surface area contributed by atoms with Crippen molar-refractivity contribution >= 4 is 47.0 Å². The third-order valence-electron chi connectivity index (χ3n) is 5.88. The molecule has 0 bridgehead atoms. The van der Waals surface area contributed by atoms with Gasteiger partial charge in [-0.3, -0.25) is 4.79 Å². The number of H-pyrrole nitrogens is 1. The molecule has 3 heterocycles. The first kappa shape index (κ1) is 31.1. The first-order chi connectivity index (χ1) is 20.1. The van der Waals surface area contributed by atoms with E-state index in [-0.39, 0.29) is 28.5 Å². The van der Waals surface area contributed by atoms with E-state index in [0.29, 0.717) is 45.6 Å². The summed E-state index contributed by atoms with van der Waals surface area (Å²) in [6.07, 6.45) is -0.526. The molecule has 1 aliphatic heterocycles. The molecule has 0 fully saturated rings. The summed E-state index contributed by atoms with van der Waals surface area (Å²) in [5, 5.41) is 16.4. The minimum atomic E-state index is -1.08. The zero-order chi connectivity index (χ0) is 31.7. The molecule has 3 N–H and O–H groups in total. The Kier molecular flexibility index (Phi) is 8.54. The Labute approximate surface area is 253 Å². The van der Waals surface area contributed by atoms with Crippen LogP contribution in [0.2, 0.25) is 5.02 Å². The zero-order valence-electron chi connectivity index (χ0n) is 24.8. The topological polar surface area (TPSA) is 172 Å². The summed E-state index contributed by atoms with van der Waals surface area (Å²) in [6, 6.07) is 7.10. The molecule has 13 nitrogen and oxygen atoms in total. The van der Waals surface area contributed by atoms with Crippen molar-refractivity contribution in [1.82, 2.24) is 20.3 Å². The number of para-hydroxylation sites is 1. The standard InChI is InChI=1S/C29H32ClN7O6/c1-28(2,3)42-26(39)37(27(40)43-29(4,5)6)25-33-14-15(13-31)20(36-25)22-21(19-17(34-22)11-12-32-24(19)38)35-18-10-8-9-16(30)23(18)41-7/h8-10,14,34-35H,11-12H2,1-7H3,(H,32,38). The quantitative estimate of drug-likeness (QED) is 0.325. The van der Waals surface area contributed by atoms with Crippen LogP contribution in [0.4, 0.5) is 26.9 Å². The number of hydrogen-bond donors (Lipinski definition) is 3. The number of halogens is 1. The maximum absolute atomic E-state index is 13.3. The minimum absolute atomic E-state index is 0.00260. The van der Waals surface area contributed by atoms with E-state index in [0.717, 1.165) is 0 Å². The van der Waals surface area contributed by atoms with Crippen LogP contribution in [0.3, 0.4) is 0 Å². The Morgan fingerprint density at radius 3 is 2.35 bits per heavy atom. The van der Waals surface area contributed by atoms with Gasteiger partial charge in [0, 0.05) is 18.7 Å². The van der Waals surface area contributed by atoms with Gasteiger partial charge in [-0.25, -0.2) is 19.6 Å². The maximum atomic E-state index is 13.3. The van der Waals surface area contributed by atoms with Gasteiger partial charge in [0.15, 0.2) is 5.75 Å². The highest BCUT2D eigenvalue weighted by Gasteiger charge is 2.36. The Balaban J connectivity index is 1.93. The van der Waals surface area contributed by atoms with Gasteiger partial charge in [-0.1, -0.05) is 17.7 Å². The molecule has 226 valence electrons. The number of benzene rings is 1. The number of nitriles is 1. The number of aromatic nitrogens is 3. The van der Waals surface area contributed by atoms with E-state index >= 15 is 0 Å². The van der Waals surface area contributed by atoms with Crippen LogP contribution in [0.5, 0.6) is 5.75 Å². The average molecular weight is 610 g/mol. The van der Waals surface area contributed by atoms with Crippen molar-refractivity contribution in [3.05, 3.63) is 46.2 Å². The number of anilines is 3. The number of nitrogens with zero attached hydrogens (tertiary/aromatic N) is 4. The summed E-state index contributed by atoms with van der Waals surface area (Å²) in [6.45, 7) is 10.2. The van der Waals surface area contributed by atoms with E-state index in [4.69, 9.17) is 25.8 Å².